The van der Waals surface area contributed by atoms with E-state index in [0.29, 0.717) is 22.7 Å². The zero-order valence-electron chi connectivity index (χ0n) is 15.4. The first-order valence-electron chi connectivity index (χ1n) is 8.85. The summed E-state index contributed by atoms with van der Waals surface area (Å²) in [5, 5.41) is 8.37. The Morgan fingerprint density at radius 3 is 2.17 bits per heavy atom. The molecule has 3 aromatic rings. The molecule has 0 saturated carbocycles. The van der Waals surface area contributed by atoms with Crippen LogP contribution in [0.5, 0.6) is 5.75 Å². The van der Waals surface area contributed by atoms with Crippen molar-refractivity contribution in [3.8, 4) is 5.75 Å². The molecule has 0 radical (unpaired) electrons. The molecule has 0 aliphatic carbocycles. The maximum Gasteiger partial charge on any atom is 0.264 e. The fraction of sp³-hybridized carbons (Fsp3) is 0.0455. The summed E-state index contributed by atoms with van der Waals surface area (Å²) < 4.78 is 5.37. The minimum absolute atomic E-state index is 0.118. The van der Waals surface area contributed by atoms with E-state index in [4.69, 9.17) is 17.0 Å². The van der Waals surface area contributed by atoms with Crippen LogP contribution in [0.2, 0.25) is 0 Å². The van der Waals surface area contributed by atoms with Crippen LogP contribution >= 0.6 is 12.2 Å². The summed E-state index contributed by atoms with van der Waals surface area (Å²) in [5.74, 6) is -0.0333. The van der Waals surface area contributed by atoms with E-state index in [1.165, 1.54) is 0 Å². The van der Waals surface area contributed by atoms with Gasteiger partial charge in [0.05, 0.1) is 0 Å². The number of rotatable bonds is 6. The van der Waals surface area contributed by atoms with Crippen LogP contribution in [0.25, 0.3) is 0 Å². The van der Waals surface area contributed by atoms with Gasteiger partial charge in [-0.25, -0.2) is 0 Å². The van der Waals surface area contributed by atoms with Crippen LogP contribution in [0, 0.1) is 0 Å². The first-order chi connectivity index (χ1) is 14.1. The van der Waals surface area contributed by atoms with Gasteiger partial charge in [0.25, 0.3) is 11.8 Å². The lowest BCUT2D eigenvalue weighted by molar-refractivity contribution is -0.121. The molecule has 7 heteroatoms. The van der Waals surface area contributed by atoms with Gasteiger partial charge in [0, 0.05) is 16.9 Å². The fourth-order valence-electron chi connectivity index (χ4n) is 2.45. The molecule has 0 bridgehead atoms. The SMILES string of the molecule is O=C(COc1ccccc1)NC(=S)Nc1cccc(C(=O)Nc2ccccc2)c1. The van der Waals surface area contributed by atoms with Gasteiger partial charge in [-0.2, -0.15) is 0 Å². The zero-order valence-corrected chi connectivity index (χ0v) is 16.2. The maximum atomic E-state index is 12.4. The minimum atomic E-state index is -0.385. The third kappa shape index (κ3) is 6.44. The molecule has 0 saturated heterocycles. The van der Waals surface area contributed by atoms with Gasteiger partial charge in [0.15, 0.2) is 11.7 Å². The lowest BCUT2D eigenvalue weighted by atomic mass is 10.2. The van der Waals surface area contributed by atoms with Crippen molar-refractivity contribution in [2.75, 3.05) is 17.2 Å². The number of nitrogens with one attached hydrogen (secondary N) is 3. The standard InChI is InChI=1S/C22H19N3O3S/c26-20(15-28-19-12-5-2-6-13-19)25-22(29)24-18-11-7-8-16(14-18)21(27)23-17-9-3-1-4-10-17/h1-14H,15H2,(H,23,27)(H2,24,25,26,29). The summed E-state index contributed by atoms with van der Waals surface area (Å²) in [5.41, 5.74) is 1.75. The quantitative estimate of drug-likeness (QED) is 0.543. The van der Waals surface area contributed by atoms with Crippen LogP contribution in [0.15, 0.2) is 84.9 Å². The van der Waals surface area contributed by atoms with Gasteiger partial charge < -0.3 is 15.4 Å². The highest BCUT2D eigenvalue weighted by molar-refractivity contribution is 7.80. The van der Waals surface area contributed by atoms with Gasteiger partial charge in [-0.15, -0.1) is 0 Å². The van der Waals surface area contributed by atoms with Gasteiger partial charge in [0.1, 0.15) is 5.75 Å². The van der Waals surface area contributed by atoms with Crippen LogP contribution in [-0.2, 0) is 4.79 Å². The second kappa shape index (κ2) is 10.0. The molecule has 3 N–H and O–H groups in total. The van der Waals surface area contributed by atoms with E-state index in [1.54, 1.807) is 36.4 Å². The van der Waals surface area contributed by atoms with Crippen LogP contribution < -0.4 is 20.7 Å². The van der Waals surface area contributed by atoms with Gasteiger partial charge in [-0.05, 0) is 54.7 Å². The van der Waals surface area contributed by atoms with E-state index in [1.807, 2.05) is 48.5 Å². The molecule has 0 atom stereocenters. The molecule has 3 rings (SSSR count). The molecular weight excluding hydrogens is 386 g/mol. The highest BCUT2D eigenvalue weighted by atomic mass is 32.1. The number of para-hydroxylation sites is 2. The normalized spacial score (nSPS) is 9.93. The fourth-order valence-corrected chi connectivity index (χ4v) is 2.69. The average Bonchev–Trinajstić information content (AvgIpc) is 2.74. The summed E-state index contributed by atoms with van der Waals surface area (Å²) >= 11 is 5.16. The molecule has 0 unspecified atom stereocenters. The Bertz CT molecular complexity index is 994. The highest BCUT2D eigenvalue weighted by Crippen LogP contribution is 2.13. The topological polar surface area (TPSA) is 79.5 Å². The number of thiocarbonyl (C=S) groups is 1. The third-order valence-corrected chi connectivity index (χ3v) is 3.98. The van der Waals surface area contributed by atoms with Gasteiger partial charge in [-0.3, -0.25) is 14.9 Å². The van der Waals surface area contributed by atoms with E-state index in [-0.39, 0.29) is 23.5 Å². The van der Waals surface area contributed by atoms with E-state index >= 15 is 0 Å². The molecule has 6 nitrogen and oxygen atoms in total. The van der Waals surface area contributed by atoms with Gasteiger partial charge in [0.2, 0.25) is 0 Å². The zero-order chi connectivity index (χ0) is 20.5. The number of hydrogen-bond acceptors (Lipinski definition) is 4. The number of amides is 2. The van der Waals surface area contributed by atoms with E-state index < -0.39 is 0 Å². The number of carbonyl (C=O) groups is 2. The number of ether oxygens (including phenoxy) is 1. The number of carbonyl (C=O) groups excluding carboxylic acids is 2. The molecule has 0 aromatic heterocycles. The number of benzene rings is 3. The molecule has 0 aliphatic heterocycles. The molecule has 0 heterocycles. The van der Waals surface area contributed by atoms with Crippen molar-refractivity contribution in [2.45, 2.75) is 0 Å². The molecule has 0 fully saturated rings. The Labute approximate surface area is 173 Å². The largest absolute Gasteiger partial charge is 0.484 e. The molecule has 29 heavy (non-hydrogen) atoms. The first-order valence-corrected chi connectivity index (χ1v) is 9.26. The molecule has 146 valence electrons. The second-order valence-electron chi connectivity index (χ2n) is 6.00. The summed E-state index contributed by atoms with van der Waals surface area (Å²) in [7, 11) is 0. The molecule has 0 aliphatic rings. The Hall–Kier alpha value is -3.71. The lowest BCUT2D eigenvalue weighted by Crippen LogP contribution is -2.37. The van der Waals surface area contributed by atoms with E-state index in [0.717, 1.165) is 0 Å². The van der Waals surface area contributed by atoms with E-state index in [2.05, 4.69) is 16.0 Å². The summed E-state index contributed by atoms with van der Waals surface area (Å²) in [6, 6.07) is 25.0. The second-order valence-corrected chi connectivity index (χ2v) is 6.41. The van der Waals surface area contributed by atoms with Gasteiger partial charge >= 0.3 is 0 Å². The van der Waals surface area contributed by atoms with Crippen molar-refractivity contribution in [3.63, 3.8) is 0 Å². The first kappa shape index (κ1) is 20.0. The Kier molecular flexibility index (Phi) is 6.91. The van der Waals surface area contributed by atoms with Crippen molar-refractivity contribution < 1.29 is 14.3 Å². The maximum absolute atomic E-state index is 12.4. The Balaban J connectivity index is 1.52. The van der Waals surface area contributed by atoms with Crippen molar-refractivity contribution in [1.82, 2.24) is 5.32 Å². The summed E-state index contributed by atoms with van der Waals surface area (Å²) in [6.45, 7) is -0.161. The van der Waals surface area contributed by atoms with Crippen molar-refractivity contribution in [1.29, 1.82) is 0 Å². The Morgan fingerprint density at radius 2 is 1.45 bits per heavy atom. The van der Waals surface area contributed by atoms with Crippen molar-refractivity contribution in [2.24, 2.45) is 0 Å². The van der Waals surface area contributed by atoms with Crippen LogP contribution in [0.3, 0.4) is 0 Å². The lowest BCUT2D eigenvalue weighted by Gasteiger charge is -2.11. The molecule has 2 amide bonds. The summed E-state index contributed by atoms with van der Waals surface area (Å²) in [4.78, 5) is 24.4. The monoisotopic (exact) mass is 405 g/mol. The predicted molar refractivity (Wildman–Crippen MR) is 117 cm³/mol. The van der Waals surface area contributed by atoms with Crippen molar-refractivity contribution in [3.05, 3.63) is 90.5 Å². The van der Waals surface area contributed by atoms with Crippen LogP contribution in [0.4, 0.5) is 11.4 Å². The third-order valence-electron chi connectivity index (χ3n) is 3.78. The summed E-state index contributed by atoms with van der Waals surface area (Å²) in [6.07, 6.45) is 0. The van der Waals surface area contributed by atoms with Crippen molar-refractivity contribution >= 4 is 40.5 Å². The number of hydrogen-bond donors (Lipinski definition) is 3. The number of anilines is 2. The molecule has 3 aromatic carbocycles. The van der Waals surface area contributed by atoms with Crippen LogP contribution in [0.1, 0.15) is 10.4 Å². The predicted octanol–water partition coefficient (Wildman–Crippen LogP) is 3.83. The van der Waals surface area contributed by atoms with Crippen LogP contribution in [-0.4, -0.2) is 23.5 Å². The Morgan fingerprint density at radius 1 is 0.793 bits per heavy atom. The average molecular weight is 405 g/mol. The highest BCUT2D eigenvalue weighted by Gasteiger charge is 2.09. The molecular formula is C22H19N3O3S. The van der Waals surface area contributed by atoms with E-state index in [9.17, 15) is 9.59 Å². The molecule has 0 spiro atoms. The smallest absolute Gasteiger partial charge is 0.264 e. The van der Waals surface area contributed by atoms with Gasteiger partial charge in [-0.1, -0.05) is 42.5 Å². The minimum Gasteiger partial charge on any atom is -0.484 e.